The first-order valence-electron chi connectivity index (χ1n) is 8.68. The molecule has 1 aliphatic heterocycles. The van der Waals surface area contributed by atoms with E-state index in [0.29, 0.717) is 24.1 Å². The van der Waals surface area contributed by atoms with Gasteiger partial charge in [0.2, 0.25) is 0 Å². The lowest BCUT2D eigenvalue weighted by Gasteiger charge is -2.39. The maximum atomic E-state index is 13.8. The fourth-order valence-corrected chi connectivity index (χ4v) is 3.63. The van der Waals surface area contributed by atoms with Crippen molar-refractivity contribution < 1.29 is 27.5 Å². The highest BCUT2D eigenvalue weighted by Gasteiger charge is 2.36. The third kappa shape index (κ3) is 4.30. The number of hydrogen-bond acceptors (Lipinski definition) is 2. The number of carboxylic acids is 1. The minimum absolute atomic E-state index is 0.446. The Bertz CT molecular complexity index is 804. The molecule has 2 aromatic rings. The van der Waals surface area contributed by atoms with Gasteiger partial charge in [-0.3, -0.25) is 9.69 Å². The predicted octanol–water partition coefficient (Wildman–Crippen LogP) is 4.87. The average molecular weight is 381 g/mol. The van der Waals surface area contributed by atoms with E-state index in [1.165, 1.54) is 30.3 Å². The van der Waals surface area contributed by atoms with Crippen LogP contribution in [0.15, 0.2) is 48.5 Å². The van der Waals surface area contributed by atoms with E-state index in [-0.39, 0.29) is 0 Å². The van der Waals surface area contributed by atoms with Crippen molar-refractivity contribution in [2.75, 3.05) is 6.54 Å². The van der Waals surface area contributed by atoms with Gasteiger partial charge in [0.25, 0.3) is 0 Å². The van der Waals surface area contributed by atoms with Crippen molar-refractivity contribution in [2.45, 2.75) is 37.5 Å². The highest BCUT2D eigenvalue weighted by molar-refractivity contribution is 5.73. The molecule has 0 saturated carbocycles. The zero-order chi connectivity index (χ0) is 19.6. The third-order valence-corrected chi connectivity index (χ3v) is 4.88. The van der Waals surface area contributed by atoms with Crippen LogP contribution in [0.3, 0.4) is 0 Å². The van der Waals surface area contributed by atoms with E-state index in [1.807, 2.05) is 0 Å². The van der Waals surface area contributed by atoms with E-state index in [9.17, 15) is 27.5 Å². The molecule has 3 rings (SSSR count). The molecule has 27 heavy (non-hydrogen) atoms. The number of benzene rings is 2. The first kappa shape index (κ1) is 19.4. The van der Waals surface area contributed by atoms with Gasteiger partial charge < -0.3 is 5.11 Å². The van der Waals surface area contributed by atoms with Gasteiger partial charge in [-0.15, -0.1) is 0 Å². The van der Waals surface area contributed by atoms with Crippen LogP contribution in [-0.2, 0) is 11.0 Å². The molecule has 2 unspecified atom stereocenters. The Morgan fingerprint density at radius 3 is 2.37 bits per heavy atom. The summed E-state index contributed by atoms with van der Waals surface area (Å²) in [4.78, 5) is 13.5. The molecule has 0 radical (unpaired) electrons. The van der Waals surface area contributed by atoms with E-state index in [1.54, 1.807) is 11.0 Å². The summed E-state index contributed by atoms with van der Waals surface area (Å²) in [5.41, 5.74) is 0.238. The third-order valence-electron chi connectivity index (χ3n) is 4.88. The Balaban J connectivity index is 2.06. The lowest BCUT2D eigenvalue weighted by molar-refractivity contribution is -0.145. The van der Waals surface area contributed by atoms with E-state index in [4.69, 9.17) is 0 Å². The normalized spacial score (nSPS) is 19.6. The largest absolute Gasteiger partial charge is 0.480 e. The minimum Gasteiger partial charge on any atom is -0.480 e. The lowest BCUT2D eigenvalue weighted by atomic mass is 9.91. The van der Waals surface area contributed by atoms with Crippen LogP contribution in [-0.4, -0.2) is 28.6 Å². The van der Waals surface area contributed by atoms with Crippen molar-refractivity contribution in [3.05, 3.63) is 71.0 Å². The molecular formula is C20H19F4NO2. The summed E-state index contributed by atoms with van der Waals surface area (Å²) in [5, 5.41) is 9.59. The first-order valence-corrected chi connectivity index (χ1v) is 8.68. The van der Waals surface area contributed by atoms with Gasteiger partial charge in [-0.2, -0.15) is 13.2 Å². The van der Waals surface area contributed by atoms with Crippen molar-refractivity contribution in [2.24, 2.45) is 0 Å². The maximum Gasteiger partial charge on any atom is 0.416 e. The van der Waals surface area contributed by atoms with Crippen molar-refractivity contribution in [3.8, 4) is 0 Å². The van der Waals surface area contributed by atoms with Crippen LogP contribution < -0.4 is 0 Å². The monoisotopic (exact) mass is 381 g/mol. The van der Waals surface area contributed by atoms with Crippen molar-refractivity contribution in [1.82, 2.24) is 4.90 Å². The number of rotatable bonds is 4. The summed E-state index contributed by atoms with van der Waals surface area (Å²) in [6.07, 6.45) is -2.48. The second kappa shape index (κ2) is 7.68. The van der Waals surface area contributed by atoms with Gasteiger partial charge in [0.05, 0.1) is 11.6 Å². The van der Waals surface area contributed by atoms with Gasteiger partial charge in [-0.1, -0.05) is 30.7 Å². The molecule has 3 nitrogen and oxygen atoms in total. The van der Waals surface area contributed by atoms with Crippen LogP contribution >= 0.6 is 0 Å². The van der Waals surface area contributed by atoms with Gasteiger partial charge in [0.15, 0.2) is 0 Å². The van der Waals surface area contributed by atoms with Crippen LogP contribution in [0.25, 0.3) is 0 Å². The molecule has 1 heterocycles. The SMILES string of the molecule is O=C(O)C1CCCCN1C(c1ccc(C(F)(F)F)cc1)c1cccc(F)c1. The van der Waals surface area contributed by atoms with Crippen LogP contribution in [0.1, 0.15) is 42.0 Å². The summed E-state index contributed by atoms with van der Waals surface area (Å²) in [5.74, 6) is -1.46. The summed E-state index contributed by atoms with van der Waals surface area (Å²) in [7, 11) is 0. The fraction of sp³-hybridized carbons (Fsp3) is 0.350. The van der Waals surface area contributed by atoms with Gasteiger partial charge in [0, 0.05) is 0 Å². The van der Waals surface area contributed by atoms with Gasteiger partial charge >= 0.3 is 12.1 Å². The van der Waals surface area contributed by atoms with E-state index in [2.05, 4.69) is 0 Å². The Kier molecular flexibility index (Phi) is 5.51. The lowest BCUT2D eigenvalue weighted by Crippen LogP contribution is -2.46. The molecule has 7 heteroatoms. The van der Waals surface area contributed by atoms with Gasteiger partial charge in [0.1, 0.15) is 11.9 Å². The molecule has 0 amide bonds. The Morgan fingerprint density at radius 1 is 1.07 bits per heavy atom. The number of hydrogen-bond donors (Lipinski definition) is 1. The zero-order valence-corrected chi connectivity index (χ0v) is 14.4. The maximum absolute atomic E-state index is 13.8. The molecule has 144 valence electrons. The predicted molar refractivity (Wildman–Crippen MR) is 91.7 cm³/mol. The van der Waals surface area contributed by atoms with E-state index in [0.717, 1.165) is 25.0 Å². The molecule has 0 aliphatic carbocycles. The fourth-order valence-electron chi connectivity index (χ4n) is 3.63. The molecule has 0 bridgehead atoms. The molecule has 1 saturated heterocycles. The quantitative estimate of drug-likeness (QED) is 0.768. The second-order valence-electron chi connectivity index (χ2n) is 6.66. The summed E-state index contributed by atoms with van der Waals surface area (Å²) in [6, 6.07) is 8.98. The van der Waals surface area contributed by atoms with Gasteiger partial charge in [-0.25, -0.2) is 4.39 Å². The molecule has 0 aromatic heterocycles. The highest BCUT2D eigenvalue weighted by Crippen LogP contribution is 2.36. The smallest absolute Gasteiger partial charge is 0.416 e. The Hall–Kier alpha value is -2.41. The number of carboxylic acid groups (broad SMARTS) is 1. The van der Waals surface area contributed by atoms with E-state index < -0.39 is 35.6 Å². The van der Waals surface area contributed by atoms with E-state index >= 15 is 0 Å². The van der Waals surface area contributed by atoms with Gasteiger partial charge in [-0.05, 0) is 54.8 Å². The van der Waals surface area contributed by atoms with Crippen LogP contribution in [0, 0.1) is 5.82 Å². The molecule has 1 fully saturated rings. The molecule has 1 aliphatic rings. The molecular weight excluding hydrogens is 362 g/mol. The van der Waals surface area contributed by atoms with Crippen molar-refractivity contribution >= 4 is 5.97 Å². The minimum atomic E-state index is -4.46. The zero-order valence-electron chi connectivity index (χ0n) is 14.4. The topological polar surface area (TPSA) is 40.5 Å². The number of aliphatic carboxylic acids is 1. The number of piperidine rings is 1. The summed E-state index contributed by atoms with van der Waals surface area (Å²) >= 11 is 0. The summed E-state index contributed by atoms with van der Waals surface area (Å²) in [6.45, 7) is 0.471. The number of likely N-dealkylation sites (tertiary alicyclic amines) is 1. The number of alkyl halides is 3. The van der Waals surface area contributed by atoms with Crippen molar-refractivity contribution in [1.29, 1.82) is 0 Å². The molecule has 1 N–H and O–H groups in total. The van der Waals surface area contributed by atoms with Crippen LogP contribution in [0.4, 0.5) is 17.6 Å². The van der Waals surface area contributed by atoms with Crippen molar-refractivity contribution in [3.63, 3.8) is 0 Å². The molecule has 2 aromatic carbocycles. The molecule has 2 atom stereocenters. The second-order valence-corrected chi connectivity index (χ2v) is 6.66. The van der Waals surface area contributed by atoms with Crippen LogP contribution in [0.5, 0.6) is 0 Å². The summed E-state index contributed by atoms with van der Waals surface area (Å²) < 4.78 is 52.4. The highest BCUT2D eigenvalue weighted by atomic mass is 19.4. The van der Waals surface area contributed by atoms with Crippen LogP contribution in [0.2, 0.25) is 0 Å². The molecule has 0 spiro atoms. The first-order chi connectivity index (χ1) is 12.8. The number of carbonyl (C=O) groups is 1. The Morgan fingerprint density at radius 2 is 1.78 bits per heavy atom. The standard InChI is InChI=1S/C20H19F4NO2/c21-16-5-3-4-14(12-16)18(25-11-2-1-6-17(25)19(26)27)13-7-9-15(10-8-13)20(22,23)24/h3-5,7-10,12,17-18H,1-2,6,11H2,(H,26,27). The Labute approximate surface area is 154 Å². The number of halogens is 4. The number of nitrogens with zero attached hydrogens (tertiary/aromatic N) is 1. The average Bonchev–Trinajstić information content (AvgIpc) is 2.62.